The number of likely N-dealkylation sites (N-methyl/N-ethyl adjacent to an activating group) is 1. The predicted octanol–water partition coefficient (Wildman–Crippen LogP) is 0.907. The van der Waals surface area contributed by atoms with Crippen LogP contribution in [-0.4, -0.2) is 61.2 Å². The van der Waals surface area contributed by atoms with Gasteiger partial charge in [-0.15, -0.1) is 0 Å². The normalized spacial score (nSPS) is 41.4. The maximum Gasteiger partial charge on any atom is 0.0223 e. The highest BCUT2D eigenvalue weighted by molar-refractivity contribution is 4.92. The molecule has 0 aromatic rings. The van der Waals surface area contributed by atoms with Crippen LogP contribution in [0.25, 0.3) is 0 Å². The second kappa shape index (κ2) is 4.63. The fourth-order valence-electron chi connectivity index (χ4n) is 3.77. The van der Waals surface area contributed by atoms with Gasteiger partial charge in [-0.05, 0) is 52.2 Å². The van der Waals surface area contributed by atoms with Crippen molar-refractivity contribution in [3.8, 4) is 0 Å². The number of likely N-dealkylation sites (tertiary alicyclic amines) is 1. The molecule has 3 aliphatic rings. The molecule has 0 saturated carbocycles. The zero-order valence-corrected chi connectivity index (χ0v) is 10.5. The summed E-state index contributed by atoms with van der Waals surface area (Å²) in [4.78, 5) is 5.35. The molecule has 3 nitrogen and oxygen atoms in total. The van der Waals surface area contributed by atoms with Crippen molar-refractivity contribution in [3.05, 3.63) is 0 Å². The number of hydrogen-bond acceptors (Lipinski definition) is 3. The van der Waals surface area contributed by atoms with E-state index in [9.17, 15) is 0 Å². The van der Waals surface area contributed by atoms with Crippen LogP contribution in [-0.2, 0) is 0 Å². The van der Waals surface area contributed by atoms with Gasteiger partial charge in [0.1, 0.15) is 0 Å². The topological polar surface area (TPSA) is 18.5 Å². The van der Waals surface area contributed by atoms with Gasteiger partial charge in [-0.2, -0.15) is 0 Å². The standard InChI is InChI=1S/C13H25N3/c1-15-12-4-5-13(15)10-16(8-6-12)9-11-3-2-7-14-11/h11-14H,2-10H2,1H3/t11-,12?,13?/m0/s1. The van der Waals surface area contributed by atoms with Crippen LogP contribution in [0.3, 0.4) is 0 Å². The molecule has 3 rings (SSSR count). The van der Waals surface area contributed by atoms with Crippen LogP contribution in [0, 0.1) is 0 Å². The van der Waals surface area contributed by atoms with Gasteiger partial charge in [0.2, 0.25) is 0 Å². The Morgan fingerprint density at radius 2 is 2.00 bits per heavy atom. The molecular weight excluding hydrogens is 198 g/mol. The minimum atomic E-state index is 0.780. The first-order valence-corrected chi connectivity index (χ1v) is 7.00. The van der Waals surface area contributed by atoms with Crippen LogP contribution in [0.5, 0.6) is 0 Å². The smallest absolute Gasteiger partial charge is 0.0223 e. The van der Waals surface area contributed by atoms with Crippen LogP contribution in [0.15, 0.2) is 0 Å². The van der Waals surface area contributed by atoms with E-state index >= 15 is 0 Å². The third-order valence-electron chi connectivity index (χ3n) is 4.87. The van der Waals surface area contributed by atoms with Gasteiger partial charge in [-0.3, -0.25) is 4.90 Å². The molecule has 0 aromatic heterocycles. The summed E-state index contributed by atoms with van der Waals surface area (Å²) >= 11 is 0. The molecule has 2 bridgehead atoms. The minimum Gasteiger partial charge on any atom is -0.313 e. The third kappa shape index (κ3) is 2.13. The molecular formula is C13H25N3. The first-order valence-electron chi connectivity index (χ1n) is 7.00. The monoisotopic (exact) mass is 223 g/mol. The molecule has 0 amide bonds. The van der Waals surface area contributed by atoms with E-state index in [0.717, 1.165) is 18.1 Å². The maximum atomic E-state index is 3.62. The quantitative estimate of drug-likeness (QED) is 0.750. The molecule has 0 spiro atoms. The maximum absolute atomic E-state index is 3.62. The van der Waals surface area contributed by atoms with Crippen molar-refractivity contribution in [2.24, 2.45) is 0 Å². The van der Waals surface area contributed by atoms with Crippen molar-refractivity contribution < 1.29 is 0 Å². The lowest BCUT2D eigenvalue weighted by Crippen LogP contribution is -2.42. The van der Waals surface area contributed by atoms with Crippen molar-refractivity contribution in [2.45, 2.75) is 50.2 Å². The highest BCUT2D eigenvalue weighted by Crippen LogP contribution is 2.28. The molecule has 16 heavy (non-hydrogen) atoms. The Kier molecular flexibility index (Phi) is 3.18. The fraction of sp³-hybridized carbons (Fsp3) is 1.00. The van der Waals surface area contributed by atoms with Gasteiger partial charge in [0, 0.05) is 31.2 Å². The fourth-order valence-corrected chi connectivity index (χ4v) is 3.77. The predicted molar refractivity (Wildman–Crippen MR) is 66.7 cm³/mol. The summed E-state index contributed by atoms with van der Waals surface area (Å²) < 4.78 is 0. The molecule has 3 fully saturated rings. The molecule has 3 heteroatoms. The van der Waals surface area contributed by atoms with Gasteiger partial charge < -0.3 is 10.2 Å². The van der Waals surface area contributed by atoms with Gasteiger partial charge >= 0.3 is 0 Å². The zero-order valence-electron chi connectivity index (χ0n) is 10.5. The minimum absolute atomic E-state index is 0.780. The third-order valence-corrected chi connectivity index (χ3v) is 4.87. The molecule has 0 aromatic carbocycles. The second-order valence-corrected chi connectivity index (χ2v) is 5.89. The Balaban J connectivity index is 1.56. The summed E-state index contributed by atoms with van der Waals surface area (Å²) in [5.74, 6) is 0. The first-order chi connectivity index (χ1) is 7.83. The highest BCUT2D eigenvalue weighted by atomic mass is 15.3. The van der Waals surface area contributed by atoms with Crippen LogP contribution < -0.4 is 5.32 Å². The lowest BCUT2D eigenvalue weighted by molar-refractivity contribution is 0.208. The van der Waals surface area contributed by atoms with Crippen molar-refractivity contribution >= 4 is 0 Å². The van der Waals surface area contributed by atoms with Crippen LogP contribution >= 0.6 is 0 Å². The first kappa shape index (κ1) is 11.0. The molecule has 3 heterocycles. The largest absolute Gasteiger partial charge is 0.313 e. The zero-order chi connectivity index (χ0) is 11.0. The SMILES string of the molecule is CN1C2CCC1CN(C[C@@H]1CCCN1)CC2. The van der Waals surface area contributed by atoms with Gasteiger partial charge in [0.15, 0.2) is 0 Å². The summed E-state index contributed by atoms with van der Waals surface area (Å²) in [7, 11) is 2.33. The number of rotatable bonds is 2. The second-order valence-electron chi connectivity index (χ2n) is 5.89. The van der Waals surface area contributed by atoms with Crippen molar-refractivity contribution in [3.63, 3.8) is 0 Å². The molecule has 1 N–H and O–H groups in total. The van der Waals surface area contributed by atoms with E-state index < -0.39 is 0 Å². The Bertz CT molecular complexity index is 237. The lowest BCUT2D eigenvalue weighted by atomic mass is 10.1. The Morgan fingerprint density at radius 1 is 1.12 bits per heavy atom. The van der Waals surface area contributed by atoms with E-state index in [4.69, 9.17) is 0 Å². The molecule has 92 valence electrons. The molecule has 0 aliphatic carbocycles. The summed E-state index contributed by atoms with van der Waals surface area (Å²) in [6.45, 7) is 5.16. The Labute approximate surface area is 99.2 Å². The molecule has 0 radical (unpaired) electrons. The number of fused-ring (bicyclic) bond motifs is 2. The molecule has 3 saturated heterocycles. The molecule has 3 aliphatic heterocycles. The van der Waals surface area contributed by atoms with Crippen molar-refractivity contribution in [2.75, 3.05) is 33.2 Å². The van der Waals surface area contributed by atoms with E-state index in [2.05, 4.69) is 22.2 Å². The average Bonchev–Trinajstić information content (AvgIpc) is 2.82. The molecule has 2 unspecified atom stereocenters. The Morgan fingerprint density at radius 3 is 2.81 bits per heavy atom. The number of hydrogen-bond donors (Lipinski definition) is 1. The van der Waals surface area contributed by atoms with Crippen molar-refractivity contribution in [1.29, 1.82) is 0 Å². The van der Waals surface area contributed by atoms with Gasteiger partial charge in [-0.25, -0.2) is 0 Å². The van der Waals surface area contributed by atoms with E-state index in [-0.39, 0.29) is 0 Å². The van der Waals surface area contributed by atoms with E-state index in [0.29, 0.717) is 0 Å². The van der Waals surface area contributed by atoms with Crippen molar-refractivity contribution in [1.82, 2.24) is 15.1 Å². The van der Waals surface area contributed by atoms with E-state index in [1.54, 1.807) is 0 Å². The summed E-state index contributed by atoms with van der Waals surface area (Å²) in [5.41, 5.74) is 0. The number of nitrogens with one attached hydrogen (secondary N) is 1. The lowest BCUT2D eigenvalue weighted by Gasteiger charge is -2.27. The van der Waals surface area contributed by atoms with Gasteiger partial charge in [0.25, 0.3) is 0 Å². The summed E-state index contributed by atoms with van der Waals surface area (Å²) in [6, 6.07) is 2.50. The number of nitrogens with zero attached hydrogens (tertiary/aromatic N) is 2. The van der Waals surface area contributed by atoms with Gasteiger partial charge in [-0.1, -0.05) is 0 Å². The Hall–Kier alpha value is -0.120. The van der Waals surface area contributed by atoms with E-state index in [1.807, 2.05) is 0 Å². The highest BCUT2D eigenvalue weighted by Gasteiger charge is 2.35. The summed E-state index contributed by atoms with van der Waals surface area (Å²) in [5, 5.41) is 3.62. The van der Waals surface area contributed by atoms with Crippen LogP contribution in [0.2, 0.25) is 0 Å². The molecule has 3 atom stereocenters. The average molecular weight is 223 g/mol. The van der Waals surface area contributed by atoms with Crippen LogP contribution in [0.1, 0.15) is 32.1 Å². The van der Waals surface area contributed by atoms with Gasteiger partial charge in [0.05, 0.1) is 0 Å². The van der Waals surface area contributed by atoms with E-state index in [1.165, 1.54) is 58.3 Å². The summed E-state index contributed by atoms with van der Waals surface area (Å²) in [6.07, 6.45) is 7.02. The van der Waals surface area contributed by atoms with Crippen LogP contribution in [0.4, 0.5) is 0 Å².